The van der Waals surface area contributed by atoms with Crippen molar-refractivity contribution in [3.63, 3.8) is 0 Å². The zero-order chi connectivity index (χ0) is 18.4. The van der Waals surface area contributed by atoms with E-state index in [4.69, 9.17) is 9.15 Å². The number of carbonyl (C=O) groups is 1. The molecule has 3 aromatic rings. The number of anilines is 1. The van der Waals surface area contributed by atoms with Gasteiger partial charge in [0.25, 0.3) is 0 Å². The molecule has 0 bridgehead atoms. The molecular weight excluding hydrogens is 416 g/mol. The zero-order valence-electron chi connectivity index (χ0n) is 14.1. The Morgan fingerprint density at radius 2 is 1.92 bits per heavy atom. The van der Waals surface area contributed by atoms with Gasteiger partial charge in [-0.15, -0.1) is 11.8 Å². The lowest BCUT2D eigenvalue weighted by Crippen LogP contribution is -2.14. The second-order valence-electron chi connectivity index (χ2n) is 5.42. The van der Waals surface area contributed by atoms with Gasteiger partial charge >= 0.3 is 0 Å². The van der Waals surface area contributed by atoms with E-state index in [-0.39, 0.29) is 5.91 Å². The molecule has 7 heteroatoms. The molecule has 1 amide bonds. The van der Waals surface area contributed by atoms with Crippen molar-refractivity contribution < 1.29 is 13.9 Å². The number of methoxy groups -OCH3 is 1. The Kier molecular flexibility index (Phi) is 6.35. The van der Waals surface area contributed by atoms with E-state index in [2.05, 4.69) is 26.2 Å². The van der Waals surface area contributed by atoms with Gasteiger partial charge in [-0.2, -0.15) is 0 Å². The van der Waals surface area contributed by atoms with Crippen molar-refractivity contribution in [3.8, 4) is 17.2 Å². The van der Waals surface area contributed by atoms with E-state index >= 15 is 0 Å². The summed E-state index contributed by atoms with van der Waals surface area (Å²) in [5.74, 6) is 2.25. The molecule has 1 N–H and O–H groups in total. The van der Waals surface area contributed by atoms with Gasteiger partial charge in [0, 0.05) is 21.5 Å². The Bertz CT molecular complexity index is 863. The highest BCUT2D eigenvalue weighted by atomic mass is 79.9. The summed E-state index contributed by atoms with van der Waals surface area (Å²) < 4.78 is 11.6. The molecule has 0 radical (unpaired) electrons. The number of carbonyl (C=O) groups excluding carboxylic acids is 1. The Morgan fingerprint density at radius 1 is 1.19 bits per heavy atom. The van der Waals surface area contributed by atoms with E-state index in [1.54, 1.807) is 13.4 Å². The predicted octanol–water partition coefficient (Wildman–Crippen LogP) is 4.98. The Hall–Kier alpha value is -2.25. The van der Waals surface area contributed by atoms with Crippen molar-refractivity contribution >= 4 is 39.3 Å². The lowest BCUT2D eigenvalue weighted by Gasteiger charge is -2.04. The molecule has 0 atom stereocenters. The number of nitrogens with zero attached hydrogens (tertiary/aromatic N) is 1. The smallest absolute Gasteiger partial charge is 0.234 e. The lowest BCUT2D eigenvalue weighted by atomic mass is 10.2. The summed E-state index contributed by atoms with van der Waals surface area (Å²) in [7, 11) is 1.63. The molecule has 0 saturated heterocycles. The summed E-state index contributed by atoms with van der Waals surface area (Å²) in [6, 6.07) is 15.0. The number of amides is 1. The van der Waals surface area contributed by atoms with E-state index in [1.807, 2.05) is 48.5 Å². The first-order valence-electron chi connectivity index (χ1n) is 7.86. The van der Waals surface area contributed by atoms with Crippen LogP contribution in [0.2, 0.25) is 0 Å². The molecule has 26 heavy (non-hydrogen) atoms. The van der Waals surface area contributed by atoms with Crippen LogP contribution in [0.15, 0.2) is 63.7 Å². The molecule has 5 nitrogen and oxygen atoms in total. The minimum atomic E-state index is -0.0452. The summed E-state index contributed by atoms with van der Waals surface area (Å²) in [5.41, 5.74) is 2.47. The topological polar surface area (TPSA) is 64.4 Å². The Balaban J connectivity index is 1.48. The molecule has 0 aliphatic carbocycles. The average Bonchev–Trinajstić information content (AvgIpc) is 3.12. The zero-order valence-corrected chi connectivity index (χ0v) is 16.5. The van der Waals surface area contributed by atoms with Crippen LogP contribution >= 0.6 is 27.7 Å². The van der Waals surface area contributed by atoms with Crippen LogP contribution in [-0.2, 0) is 10.5 Å². The second-order valence-corrected chi connectivity index (χ2v) is 7.32. The van der Waals surface area contributed by atoms with Crippen LogP contribution in [0.3, 0.4) is 0 Å². The summed E-state index contributed by atoms with van der Waals surface area (Å²) >= 11 is 4.85. The Morgan fingerprint density at radius 3 is 2.62 bits per heavy atom. The van der Waals surface area contributed by atoms with Crippen molar-refractivity contribution in [3.05, 3.63) is 65.0 Å². The van der Waals surface area contributed by atoms with Gasteiger partial charge in [0.1, 0.15) is 12.0 Å². The van der Waals surface area contributed by atoms with Crippen molar-refractivity contribution in [2.45, 2.75) is 5.75 Å². The van der Waals surface area contributed by atoms with Crippen LogP contribution in [0.1, 0.15) is 5.69 Å². The maximum atomic E-state index is 12.0. The standard InChI is InChI=1S/C19H17BrN2O3S/c1-24-17-8-2-13(3-9-17)19-22-16(10-25-19)11-26-12-18(23)21-15-6-4-14(20)5-7-15/h2-10H,11-12H2,1H3,(H,21,23). The van der Waals surface area contributed by atoms with E-state index < -0.39 is 0 Å². The lowest BCUT2D eigenvalue weighted by molar-refractivity contribution is -0.113. The molecule has 0 aliphatic rings. The first-order chi connectivity index (χ1) is 12.6. The van der Waals surface area contributed by atoms with Gasteiger partial charge in [-0.3, -0.25) is 4.79 Å². The van der Waals surface area contributed by atoms with Crippen LogP contribution in [0.4, 0.5) is 5.69 Å². The van der Waals surface area contributed by atoms with Gasteiger partial charge in [0.2, 0.25) is 11.8 Å². The normalized spacial score (nSPS) is 10.5. The van der Waals surface area contributed by atoms with Gasteiger partial charge in [0.15, 0.2) is 0 Å². The highest BCUT2D eigenvalue weighted by Gasteiger charge is 2.09. The fourth-order valence-electron chi connectivity index (χ4n) is 2.22. The average molecular weight is 433 g/mol. The number of thioether (sulfide) groups is 1. The van der Waals surface area contributed by atoms with Gasteiger partial charge < -0.3 is 14.5 Å². The van der Waals surface area contributed by atoms with Gasteiger partial charge in [-0.05, 0) is 48.5 Å². The maximum Gasteiger partial charge on any atom is 0.234 e. The number of nitrogens with one attached hydrogen (secondary N) is 1. The highest BCUT2D eigenvalue weighted by Crippen LogP contribution is 2.23. The molecule has 0 spiro atoms. The first kappa shape index (κ1) is 18.5. The number of aromatic nitrogens is 1. The predicted molar refractivity (Wildman–Crippen MR) is 107 cm³/mol. The minimum Gasteiger partial charge on any atom is -0.497 e. The fourth-order valence-corrected chi connectivity index (χ4v) is 3.18. The van der Waals surface area contributed by atoms with E-state index in [1.165, 1.54) is 11.8 Å². The SMILES string of the molecule is COc1ccc(-c2nc(CSCC(=O)Nc3ccc(Br)cc3)co2)cc1. The van der Waals surface area contributed by atoms with Crippen LogP contribution in [0, 0.1) is 0 Å². The van der Waals surface area contributed by atoms with Crippen LogP contribution in [-0.4, -0.2) is 23.8 Å². The maximum absolute atomic E-state index is 12.0. The molecular formula is C19H17BrN2O3S. The number of halogens is 1. The fraction of sp³-hybridized carbons (Fsp3) is 0.158. The summed E-state index contributed by atoms with van der Waals surface area (Å²) in [4.78, 5) is 16.4. The first-order valence-corrected chi connectivity index (χ1v) is 9.81. The van der Waals surface area contributed by atoms with Gasteiger partial charge in [0.05, 0.1) is 18.6 Å². The third kappa shape index (κ3) is 5.12. The Labute approximate surface area is 164 Å². The third-order valence-electron chi connectivity index (χ3n) is 3.50. The number of benzene rings is 2. The summed E-state index contributed by atoms with van der Waals surface area (Å²) in [6.07, 6.45) is 1.62. The van der Waals surface area contributed by atoms with E-state index in [0.29, 0.717) is 17.4 Å². The highest BCUT2D eigenvalue weighted by molar-refractivity contribution is 9.10. The van der Waals surface area contributed by atoms with Crippen LogP contribution < -0.4 is 10.1 Å². The second kappa shape index (κ2) is 8.91. The molecule has 0 fully saturated rings. The van der Waals surface area contributed by atoms with Gasteiger partial charge in [-0.25, -0.2) is 4.98 Å². The summed E-state index contributed by atoms with van der Waals surface area (Å²) in [6.45, 7) is 0. The number of hydrogen-bond donors (Lipinski definition) is 1. The minimum absolute atomic E-state index is 0.0452. The monoisotopic (exact) mass is 432 g/mol. The number of rotatable bonds is 7. The molecule has 2 aromatic carbocycles. The van der Waals surface area contributed by atoms with Crippen molar-refractivity contribution in [2.75, 3.05) is 18.2 Å². The molecule has 1 heterocycles. The molecule has 1 aromatic heterocycles. The van der Waals surface area contributed by atoms with Crippen molar-refractivity contribution in [1.82, 2.24) is 4.98 Å². The van der Waals surface area contributed by atoms with Crippen molar-refractivity contribution in [2.24, 2.45) is 0 Å². The largest absolute Gasteiger partial charge is 0.497 e. The number of oxazole rings is 1. The molecule has 0 aliphatic heterocycles. The summed E-state index contributed by atoms with van der Waals surface area (Å²) in [5, 5.41) is 2.86. The van der Waals surface area contributed by atoms with Crippen LogP contribution in [0.25, 0.3) is 11.5 Å². The van der Waals surface area contributed by atoms with E-state index in [9.17, 15) is 4.79 Å². The van der Waals surface area contributed by atoms with E-state index in [0.717, 1.165) is 27.2 Å². The van der Waals surface area contributed by atoms with Crippen molar-refractivity contribution in [1.29, 1.82) is 0 Å². The van der Waals surface area contributed by atoms with Crippen LogP contribution in [0.5, 0.6) is 5.75 Å². The number of hydrogen-bond acceptors (Lipinski definition) is 5. The van der Waals surface area contributed by atoms with Gasteiger partial charge in [-0.1, -0.05) is 15.9 Å². The third-order valence-corrected chi connectivity index (χ3v) is 4.99. The number of ether oxygens (including phenoxy) is 1. The molecule has 0 unspecified atom stereocenters. The molecule has 3 rings (SSSR count). The molecule has 0 saturated carbocycles. The molecule has 134 valence electrons. The quantitative estimate of drug-likeness (QED) is 0.569.